The SMILES string of the molecule is Cc1cccc(N([C@H](C)C(=O)Nc2ccccc2Cl)S(C)(=O)=O)c1. The van der Waals surface area contributed by atoms with E-state index in [1.807, 2.05) is 13.0 Å². The van der Waals surface area contributed by atoms with Crippen LogP contribution in [0.1, 0.15) is 12.5 Å². The maximum absolute atomic E-state index is 12.5. The molecular formula is C17H19ClN2O3S. The molecule has 128 valence electrons. The van der Waals surface area contributed by atoms with Crippen molar-refractivity contribution in [2.75, 3.05) is 15.9 Å². The Balaban J connectivity index is 2.33. The van der Waals surface area contributed by atoms with Gasteiger partial charge in [-0.05, 0) is 43.7 Å². The van der Waals surface area contributed by atoms with Gasteiger partial charge < -0.3 is 5.32 Å². The number of hydrogen-bond donors (Lipinski definition) is 1. The summed E-state index contributed by atoms with van der Waals surface area (Å²) >= 11 is 6.03. The van der Waals surface area contributed by atoms with Crippen molar-refractivity contribution in [1.29, 1.82) is 0 Å². The lowest BCUT2D eigenvalue weighted by Gasteiger charge is -2.28. The second kappa shape index (κ2) is 7.23. The Morgan fingerprint density at radius 2 is 1.83 bits per heavy atom. The minimum absolute atomic E-state index is 0.388. The van der Waals surface area contributed by atoms with Gasteiger partial charge in [0.2, 0.25) is 15.9 Å². The van der Waals surface area contributed by atoms with Crippen molar-refractivity contribution in [2.45, 2.75) is 19.9 Å². The number of para-hydroxylation sites is 1. The van der Waals surface area contributed by atoms with Crippen molar-refractivity contribution in [3.8, 4) is 0 Å². The second-order valence-electron chi connectivity index (χ2n) is 5.54. The number of aryl methyl sites for hydroxylation is 1. The fourth-order valence-corrected chi connectivity index (χ4v) is 3.72. The van der Waals surface area contributed by atoms with Crippen LogP contribution in [0.3, 0.4) is 0 Å². The summed E-state index contributed by atoms with van der Waals surface area (Å²) in [4.78, 5) is 12.5. The van der Waals surface area contributed by atoms with Crippen LogP contribution in [0.15, 0.2) is 48.5 Å². The van der Waals surface area contributed by atoms with E-state index in [4.69, 9.17) is 11.6 Å². The third kappa shape index (κ3) is 4.27. The van der Waals surface area contributed by atoms with Crippen molar-refractivity contribution in [3.63, 3.8) is 0 Å². The topological polar surface area (TPSA) is 66.5 Å². The Bertz CT molecular complexity index is 852. The van der Waals surface area contributed by atoms with E-state index in [9.17, 15) is 13.2 Å². The standard InChI is InChI=1S/C17H19ClN2O3S/c1-12-7-6-8-14(11-12)20(24(3,22)23)13(2)17(21)19-16-10-5-4-9-15(16)18/h4-11,13H,1-3H3,(H,19,21)/t13-/m1/s1. The highest BCUT2D eigenvalue weighted by Gasteiger charge is 2.29. The smallest absolute Gasteiger partial charge is 0.248 e. The second-order valence-corrected chi connectivity index (χ2v) is 7.81. The number of nitrogens with zero attached hydrogens (tertiary/aromatic N) is 1. The summed E-state index contributed by atoms with van der Waals surface area (Å²) in [5.74, 6) is -0.463. The molecule has 5 nitrogen and oxygen atoms in total. The van der Waals surface area contributed by atoms with E-state index >= 15 is 0 Å². The number of hydrogen-bond acceptors (Lipinski definition) is 3. The van der Waals surface area contributed by atoms with E-state index in [-0.39, 0.29) is 0 Å². The zero-order chi connectivity index (χ0) is 17.9. The van der Waals surface area contributed by atoms with Crippen LogP contribution >= 0.6 is 11.6 Å². The highest BCUT2D eigenvalue weighted by Crippen LogP contribution is 2.24. The van der Waals surface area contributed by atoms with E-state index < -0.39 is 22.0 Å². The molecule has 0 heterocycles. The lowest BCUT2D eigenvalue weighted by molar-refractivity contribution is -0.116. The largest absolute Gasteiger partial charge is 0.323 e. The van der Waals surface area contributed by atoms with Crippen molar-refractivity contribution in [1.82, 2.24) is 0 Å². The Morgan fingerprint density at radius 3 is 2.42 bits per heavy atom. The molecule has 0 unspecified atom stereocenters. The van der Waals surface area contributed by atoms with Crippen LogP contribution < -0.4 is 9.62 Å². The van der Waals surface area contributed by atoms with Gasteiger partial charge in [-0.15, -0.1) is 0 Å². The number of nitrogens with one attached hydrogen (secondary N) is 1. The monoisotopic (exact) mass is 366 g/mol. The number of benzene rings is 2. The summed E-state index contributed by atoms with van der Waals surface area (Å²) in [5, 5.41) is 3.06. The van der Waals surface area contributed by atoms with Crippen molar-refractivity contribution in [3.05, 3.63) is 59.1 Å². The number of halogens is 1. The fraction of sp³-hybridized carbons (Fsp3) is 0.235. The van der Waals surface area contributed by atoms with Gasteiger partial charge in [0.25, 0.3) is 0 Å². The average molecular weight is 367 g/mol. The lowest BCUT2D eigenvalue weighted by atomic mass is 10.2. The summed E-state index contributed by atoms with van der Waals surface area (Å²) in [7, 11) is -3.64. The molecule has 7 heteroatoms. The van der Waals surface area contributed by atoms with Gasteiger partial charge in [-0.3, -0.25) is 9.10 Å². The minimum atomic E-state index is -3.64. The molecule has 0 saturated heterocycles. The number of anilines is 2. The van der Waals surface area contributed by atoms with Crippen LogP contribution in [0.5, 0.6) is 0 Å². The van der Waals surface area contributed by atoms with Gasteiger partial charge in [-0.2, -0.15) is 0 Å². The predicted octanol–water partition coefficient (Wildman–Crippen LogP) is 3.44. The van der Waals surface area contributed by atoms with Gasteiger partial charge in [0.05, 0.1) is 22.7 Å². The van der Waals surface area contributed by atoms with Crippen molar-refractivity contribution in [2.24, 2.45) is 0 Å². The quantitative estimate of drug-likeness (QED) is 0.881. The van der Waals surface area contributed by atoms with E-state index in [0.717, 1.165) is 16.1 Å². The number of carbonyl (C=O) groups is 1. The molecule has 0 aliphatic carbocycles. The molecule has 1 atom stereocenters. The molecule has 1 N–H and O–H groups in total. The molecule has 0 saturated carbocycles. The maximum atomic E-state index is 12.5. The van der Waals surface area contributed by atoms with Crippen LogP contribution in [-0.2, 0) is 14.8 Å². The molecule has 0 aliphatic rings. The zero-order valence-electron chi connectivity index (χ0n) is 13.7. The van der Waals surface area contributed by atoms with Gasteiger partial charge in [-0.1, -0.05) is 35.9 Å². The molecule has 2 aromatic carbocycles. The van der Waals surface area contributed by atoms with Crippen LogP contribution in [0.4, 0.5) is 11.4 Å². The molecule has 2 rings (SSSR count). The first-order valence-corrected chi connectivity index (χ1v) is 9.54. The van der Waals surface area contributed by atoms with E-state index in [1.54, 1.807) is 42.5 Å². The molecule has 24 heavy (non-hydrogen) atoms. The first-order valence-electron chi connectivity index (χ1n) is 7.31. The van der Waals surface area contributed by atoms with Crippen LogP contribution in [-0.4, -0.2) is 26.6 Å². The molecule has 0 aliphatic heterocycles. The Hall–Kier alpha value is -2.05. The van der Waals surface area contributed by atoms with Crippen LogP contribution in [0, 0.1) is 6.92 Å². The van der Waals surface area contributed by atoms with E-state index in [2.05, 4.69) is 5.32 Å². The van der Waals surface area contributed by atoms with E-state index in [1.165, 1.54) is 6.92 Å². The third-order valence-corrected chi connectivity index (χ3v) is 5.05. The van der Waals surface area contributed by atoms with Gasteiger partial charge in [0.15, 0.2) is 0 Å². The Labute approximate surface area is 147 Å². The first kappa shape index (κ1) is 18.3. The molecule has 0 spiro atoms. The lowest BCUT2D eigenvalue weighted by Crippen LogP contribution is -2.45. The van der Waals surface area contributed by atoms with Crippen LogP contribution in [0.25, 0.3) is 0 Å². The molecule has 0 fully saturated rings. The van der Waals surface area contributed by atoms with E-state index in [0.29, 0.717) is 16.4 Å². The van der Waals surface area contributed by atoms with Crippen LogP contribution in [0.2, 0.25) is 5.02 Å². The summed E-state index contributed by atoms with van der Waals surface area (Å²) in [6, 6.07) is 12.9. The number of amides is 1. The zero-order valence-corrected chi connectivity index (χ0v) is 15.2. The maximum Gasteiger partial charge on any atom is 0.248 e. The van der Waals surface area contributed by atoms with Gasteiger partial charge in [-0.25, -0.2) is 8.42 Å². The summed E-state index contributed by atoms with van der Waals surface area (Å²) in [5.41, 5.74) is 1.79. The Morgan fingerprint density at radius 1 is 1.17 bits per heavy atom. The van der Waals surface area contributed by atoms with Gasteiger partial charge in [0, 0.05) is 0 Å². The molecule has 0 radical (unpaired) electrons. The summed E-state index contributed by atoms with van der Waals surface area (Å²) < 4.78 is 25.6. The molecular weight excluding hydrogens is 348 g/mol. The summed E-state index contributed by atoms with van der Waals surface area (Å²) in [6.07, 6.45) is 1.08. The number of sulfonamides is 1. The Kier molecular flexibility index (Phi) is 5.51. The highest BCUT2D eigenvalue weighted by molar-refractivity contribution is 7.92. The minimum Gasteiger partial charge on any atom is -0.323 e. The first-order chi connectivity index (χ1) is 11.2. The number of carbonyl (C=O) groups excluding carboxylic acids is 1. The fourth-order valence-electron chi connectivity index (χ4n) is 2.37. The molecule has 0 bridgehead atoms. The molecule has 0 aromatic heterocycles. The van der Waals surface area contributed by atoms with Crippen molar-refractivity contribution >= 4 is 38.9 Å². The van der Waals surface area contributed by atoms with Crippen molar-refractivity contribution < 1.29 is 13.2 Å². The normalized spacial score (nSPS) is 12.5. The average Bonchev–Trinajstić information content (AvgIpc) is 2.48. The summed E-state index contributed by atoms with van der Waals surface area (Å²) in [6.45, 7) is 3.40. The molecule has 2 aromatic rings. The van der Waals surface area contributed by atoms with Gasteiger partial charge in [0.1, 0.15) is 6.04 Å². The van der Waals surface area contributed by atoms with Gasteiger partial charge >= 0.3 is 0 Å². The highest BCUT2D eigenvalue weighted by atomic mass is 35.5. The number of rotatable bonds is 5. The third-order valence-electron chi connectivity index (χ3n) is 3.48. The predicted molar refractivity (Wildman–Crippen MR) is 98.0 cm³/mol. The molecule has 1 amide bonds.